The quantitative estimate of drug-likeness (QED) is 0.133. The Balaban J connectivity index is 1.56. The van der Waals surface area contributed by atoms with Crippen LogP contribution in [0.5, 0.6) is 11.5 Å². The van der Waals surface area contributed by atoms with Crippen molar-refractivity contribution in [1.29, 1.82) is 0 Å². The van der Waals surface area contributed by atoms with E-state index in [0.717, 1.165) is 23.9 Å². The van der Waals surface area contributed by atoms with Gasteiger partial charge in [-0.2, -0.15) is 0 Å². The highest BCUT2D eigenvalue weighted by molar-refractivity contribution is 6.03. The Morgan fingerprint density at radius 1 is 1.06 bits per heavy atom. The zero-order chi connectivity index (χ0) is 34.0. The van der Waals surface area contributed by atoms with Gasteiger partial charge in [0, 0.05) is 37.5 Å². The van der Waals surface area contributed by atoms with E-state index in [-0.39, 0.29) is 43.0 Å². The minimum atomic E-state index is -2.17. The van der Waals surface area contributed by atoms with Crippen molar-refractivity contribution in [1.82, 2.24) is 15.0 Å². The van der Waals surface area contributed by atoms with Crippen LogP contribution in [0.15, 0.2) is 35.0 Å². The Labute approximate surface area is 276 Å². The zero-order valence-electron chi connectivity index (χ0n) is 26.5. The molecule has 2 fully saturated rings. The van der Waals surface area contributed by atoms with E-state index >= 15 is 0 Å². The Morgan fingerprint density at radius 2 is 1.83 bits per heavy atom. The van der Waals surface area contributed by atoms with Crippen LogP contribution in [0.2, 0.25) is 0 Å². The summed E-state index contributed by atoms with van der Waals surface area (Å²) in [5.41, 5.74) is 0.163. The van der Waals surface area contributed by atoms with Gasteiger partial charge in [-0.25, -0.2) is 14.3 Å². The molecule has 2 aliphatic carbocycles. The summed E-state index contributed by atoms with van der Waals surface area (Å²) in [6.45, 7) is 0.568. The predicted octanol–water partition coefficient (Wildman–Crippen LogP) is 3.20. The average Bonchev–Trinajstić information content (AvgIpc) is 3.52. The number of carbonyl (C=O) groups is 2. The number of allylic oxidation sites excluding steroid dienone is 1. The number of aliphatic hydroxyl groups excluding tert-OH is 2. The van der Waals surface area contributed by atoms with Crippen LogP contribution in [-0.2, 0) is 9.57 Å². The molecule has 7 atom stereocenters. The number of aliphatic hydroxyl groups is 3. The van der Waals surface area contributed by atoms with E-state index in [1.54, 1.807) is 12.1 Å². The maximum absolute atomic E-state index is 12.9. The van der Waals surface area contributed by atoms with Gasteiger partial charge < -0.3 is 45.0 Å². The highest BCUT2D eigenvalue weighted by Gasteiger charge is 2.64. The zero-order valence-corrected chi connectivity index (χ0v) is 26.5. The number of aromatic nitrogens is 3. The molecule has 1 aromatic carbocycles. The monoisotopic (exact) mass is 670 g/mol. The van der Waals surface area contributed by atoms with Crippen molar-refractivity contribution in [2.24, 2.45) is 22.9 Å². The molecular formula is C33H42N4O11. The number of carboxylic acid groups (broad SMARTS) is 2. The molecule has 4 aliphatic rings. The first-order valence-corrected chi connectivity index (χ1v) is 16.6. The standard InChI is InChI=1S/C33H42N4O11/c38-12-4-1-7-18-15-21-23(35-48-26-9-3-6-14-46-26)17-25(37-30(32(43)44)29(31(41)42)34-36-37)33(45)28(21)27(20(18)8-2-5-13-39)22-16-19(40)10-11-24(22)47-33/h10-11,15-16,18,20,25-28,38-40,45H,1-9,12-14,17H2,(H,41,42)(H,43,44)/t18-,20+,25-,26?,27+,28+,33+/m0/s1. The third-order valence-corrected chi connectivity index (χ3v) is 10.1. The smallest absolute Gasteiger partial charge is 0.359 e. The van der Waals surface area contributed by atoms with E-state index in [9.17, 15) is 40.2 Å². The molecule has 260 valence electrons. The summed E-state index contributed by atoms with van der Waals surface area (Å²) in [4.78, 5) is 30.4. The number of hydrogen-bond donors (Lipinski definition) is 6. The number of phenols is 1. The summed E-state index contributed by atoms with van der Waals surface area (Å²) >= 11 is 0. The molecule has 15 heteroatoms. The van der Waals surface area contributed by atoms with Gasteiger partial charge in [-0.15, -0.1) is 5.10 Å². The topological polar surface area (TPSA) is 226 Å². The molecule has 1 saturated carbocycles. The second-order valence-electron chi connectivity index (χ2n) is 13.0. The number of benzene rings is 1. The molecule has 2 aromatic rings. The molecule has 1 aromatic heterocycles. The van der Waals surface area contributed by atoms with Gasteiger partial charge in [0.2, 0.25) is 17.8 Å². The number of ether oxygens (including phenoxy) is 2. The fraction of sp³-hybridized carbons (Fsp3) is 0.606. The Kier molecular flexibility index (Phi) is 10.0. The van der Waals surface area contributed by atoms with Crippen molar-refractivity contribution in [2.75, 3.05) is 19.8 Å². The number of fused-ring (bicyclic) bond motifs is 2. The molecule has 6 N–H and O–H groups in total. The molecule has 6 rings (SSSR count). The first-order valence-electron chi connectivity index (χ1n) is 16.6. The van der Waals surface area contributed by atoms with Crippen LogP contribution in [-0.4, -0.2) is 95.2 Å². The third kappa shape index (κ3) is 6.27. The van der Waals surface area contributed by atoms with E-state index in [4.69, 9.17) is 14.3 Å². The first-order chi connectivity index (χ1) is 23.2. The Morgan fingerprint density at radius 3 is 2.52 bits per heavy atom. The lowest BCUT2D eigenvalue weighted by Crippen LogP contribution is -2.62. The summed E-state index contributed by atoms with van der Waals surface area (Å²) < 4.78 is 13.1. The fourth-order valence-electron chi connectivity index (χ4n) is 7.98. The maximum Gasteiger partial charge on any atom is 0.359 e. The van der Waals surface area contributed by atoms with E-state index in [1.807, 2.05) is 0 Å². The number of nitrogens with zero attached hydrogens (tertiary/aromatic N) is 4. The van der Waals surface area contributed by atoms with Gasteiger partial charge in [0.1, 0.15) is 17.5 Å². The van der Waals surface area contributed by atoms with Crippen molar-refractivity contribution in [3.63, 3.8) is 0 Å². The van der Waals surface area contributed by atoms with Gasteiger partial charge in [0.25, 0.3) is 0 Å². The largest absolute Gasteiger partial charge is 0.508 e. The van der Waals surface area contributed by atoms with E-state index in [2.05, 4.69) is 21.5 Å². The first kappa shape index (κ1) is 33.8. The minimum absolute atomic E-state index is 0.000554. The summed E-state index contributed by atoms with van der Waals surface area (Å²) in [5, 5.41) is 74.8. The minimum Gasteiger partial charge on any atom is -0.508 e. The normalized spacial score (nSPS) is 30.1. The van der Waals surface area contributed by atoms with Crippen LogP contribution in [0.4, 0.5) is 0 Å². The van der Waals surface area contributed by atoms with E-state index < -0.39 is 53.3 Å². The molecule has 0 bridgehead atoms. The fourth-order valence-corrected chi connectivity index (χ4v) is 7.98. The Hall–Kier alpha value is -4.05. The summed E-state index contributed by atoms with van der Waals surface area (Å²) in [7, 11) is 0. The average molecular weight is 671 g/mol. The summed E-state index contributed by atoms with van der Waals surface area (Å²) in [6.07, 6.45) is 7.65. The van der Waals surface area contributed by atoms with Crippen molar-refractivity contribution >= 4 is 17.7 Å². The molecule has 0 radical (unpaired) electrons. The molecular weight excluding hydrogens is 628 g/mol. The lowest BCUT2D eigenvalue weighted by atomic mass is 9.55. The second kappa shape index (κ2) is 14.2. The Bertz CT molecular complexity index is 1570. The van der Waals surface area contributed by atoms with Crippen LogP contribution in [0.3, 0.4) is 0 Å². The molecule has 48 heavy (non-hydrogen) atoms. The molecule has 0 amide bonds. The van der Waals surface area contributed by atoms with Gasteiger partial charge in [0.05, 0.1) is 18.2 Å². The number of unbranched alkanes of at least 4 members (excludes halogenated alkanes) is 2. The summed E-state index contributed by atoms with van der Waals surface area (Å²) in [5.74, 6) is -6.64. The highest BCUT2D eigenvalue weighted by atomic mass is 16.8. The maximum atomic E-state index is 12.9. The van der Waals surface area contributed by atoms with Gasteiger partial charge in [-0.1, -0.05) is 29.3 Å². The molecule has 1 saturated heterocycles. The van der Waals surface area contributed by atoms with Crippen LogP contribution < -0.4 is 4.74 Å². The van der Waals surface area contributed by atoms with Crippen molar-refractivity contribution in [3.05, 3.63) is 46.8 Å². The molecule has 2 aliphatic heterocycles. The number of oxime groups is 1. The molecule has 15 nitrogen and oxygen atoms in total. The highest BCUT2D eigenvalue weighted by Crippen LogP contribution is 2.62. The van der Waals surface area contributed by atoms with Gasteiger partial charge in [-0.3, -0.25) is 0 Å². The van der Waals surface area contributed by atoms with Crippen molar-refractivity contribution in [2.45, 2.75) is 88.2 Å². The predicted molar refractivity (Wildman–Crippen MR) is 167 cm³/mol. The number of rotatable bonds is 13. The van der Waals surface area contributed by atoms with Gasteiger partial charge in [0.15, 0.2) is 5.69 Å². The molecule has 0 spiro atoms. The lowest BCUT2D eigenvalue weighted by molar-refractivity contribution is -0.225. The SMILES string of the molecule is O=C(O)c1nnn([C@H]2CC(=NOC3CCCCO3)C3=C[C@H](CCCCO)[C@@H](CCCCO)[C@@H]4c5cc(O)ccc5O[C@@]2(O)[C@H]34)c1C(=O)O. The van der Waals surface area contributed by atoms with Crippen molar-refractivity contribution < 1.29 is 54.5 Å². The summed E-state index contributed by atoms with van der Waals surface area (Å²) in [6, 6.07) is 3.29. The van der Waals surface area contributed by atoms with E-state index in [0.29, 0.717) is 62.0 Å². The number of carboxylic acids is 2. The van der Waals surface area contributed by atoms with Crippen LogP contribution >= 0.6 is 0 Å². The molecule has 3 heterocycles. The number of hydrogen-bond acceptors (Lipinski definition) is 12. The van der Waals surface area contributed by atoms with Gasteiger partial charge in [-0.05, 0) is 74.1 Å². The van der Waals surface area contributed by atoms with Crippen LogP contribution in [0.1, 0.15) is 103 Å². The van der Waals surface area contributed by atoms with E-state index in [1.165, 1.54) is 6.07 Å². The van der Waals surface area contributed by atoms with Gasteiger partial charge >= 0.3 is 11.9 Å². The number of aromatic carboxylic acids is 2. The third-order valence-electron chi connectivity index (χ3n) is 10.1. The second-order valence-corrected chi connectivity index (χ2v) is 13.0. The van der Waals surface area contributed by atoms with Crippen LogP contribution in [0, 0.1) is 17.8 Å². The number of phenolic OH excluding ortho intramolecular Hbond substituents is 1. The van der Waals surface area contributed by atoms with Crippen molar-refractivity contribution in [3.8, 4) is 11.5 Å². The lowest BCUT2D eigenvalue weighted by Gasteiger charge is -2.56. The number of aromatic hydroxyl groups is 1. The van der Waals surface area contributed by atoms with Crippen LogP contribution in [0.25, 0.3) is 0 Å². The molecule has 1 unspecified atom stereocenters.